The van der Waals surface area contributed by atoms with E-state index in [0.717, 1.165) is 38.2 Å². The molecule has 0 saturated carbocycles. The fraction of sp³-hybridized carbons (Fsp3) is 0. The smallest absolute Gasteiger partial charge is 0.160 e. The average Bonchev–Trinajstić information content (AvgIpc) is 3.79. The SMILES string of the molecule is c1ccc(-c2ccc(-c3nc(-c4ccccc4)nc4c3sc3ccc(-c5ccc6cc(-n7c8ccccc8c8ccccc87)ccc6c5)cc34)cc2)cc1. The van der Waals surface area contributed by atoms with Crippen LogP contribution >= 0.6 is 11.3 Å². The average molecular weight is 706 g/mol. The molecule has 0 aliphatic rings. The fourth-order valence-corrected chi connectivity index (χ4v) is 9.07. The van der Waals surface area contributed by atoms with Gasteiger partial charge in [-0.3, -0.25) is 0 Å². The van der Waals surface area contributed by atoms with Crippen molar-refractivity contribution in [2.45, 2.75) is 0 Å². The number of para-hydroxylation sites is 2. The molecule has 0 N–H and O–H groups in total. The highest BCUT2D eigenvalue weighted by atomic mass is 32.1. The van der Waals surface area contributed by atoms with E-state index < -0.39 is 0 Å². The fourth-order valence-electron chi connectivity index (χ4n) is 7.94. The van der Waals surface area contributed by atoms with Gasteiger partial charge in [0.15, 0.2) is 5.82 Å². The van der Waals surface area contributed by atoms with Gasteiger partial charge < -0.3 is 4.57 Å². The third-order valence-electron chi connectivity index (χ3n) is 10.6. The highest BCUT2D eigenvalue weighted by molar-refractivity contribution is 7.26. The van der Waals surface area contributed by atoms with Crippen LogP contribution < -0.4 is 0 Å². The molecule has 0 unspecified atom stereocenters. The highest BCUT2D eigenvalue weighted by Crippen LogP contribution is 2.42. The lowest BCUT2D eigenvalue weighted by atomic mass is 9.99. The molecule has 11 aromatic rings. The van der Waals surface area contributed by atoms with Crippen LogP contribution in [0, 0.1) is 0 Å². The van der Waals surface area contributed by atoms with Gasteiger partial charge in [0, 0.05) is 37.7 Å². The maximum atomic E-state index is 5.24. The van der Waals surface area contributed by atoms with Crippen LogP contribution in [0.3, 0.4) is 0 Å². The maximum absolute atomic E-state index is 5.24. The molecule has 0 radical (unpaired) electrons. The van der Waals surface area contributed by atoms with Crippen LogP contribution in [-0.2, 0) is 0 Å². The van der Waals surface area contributed by atoms with Crippen molar-refractivity contribution in [2.24, 2.45) is 0 Å². The summed E-state index contributed by atoms with van der Waals surface area (Å²) in [6, 6.07) is 67.4. The molecular weight excluding hydrogens is 675 g/mol. The van der Waals surface area contributed by atoms with Gasteiger partial charge in [0.1, 0.15) is 0 Å². The molecule has 0 spiro atoms. The monoisotopic (exact) mass is 705 g/mol. The minimum Gasteiger partial charge on any atom is -0.309 e. The normalized spacial score (nSPS) is 11.7. The van der Waals surface area contributed by atoms with E-state index in [1.807, 2.05) is 18.2 Å². The van der Waals surface area contributed by atoms with Gasteiger partial charge in [-0.15, -0.1) is 11.3 Å². The van der Waals surface area contributed by atoms with E-state index in [4.69, 9.17) is 9.97 Å². The third kappa shape index (κ3) is 5.03. The molecule has 3 aromatic heterocycles. The quantitative estimate of drug-likeness (QED) is 0.178. The number of fused-ring (bicyclic) bond motifs is 7. The first-order chi connectivity index (χ1) is 26.7. The van der Waals surface area contributed by atoms with E-state index in [-0.39, 0.29) is 0 Å². The van der Waals surface area contributed by atoms with E-state index in [1.165, 1.54) is 65.2 Å². The van der Waals surface area contributed by atoms with Gasteiger partial charge in [-0.05, 0) is 75.5 Å². The summed E-state index contributed by atoms with van der Waals surface area (Å²) < 4.78 is 4.68. The summed E-state index contributed by atoms with van der Waals surface area (Å²) in [6.45, 7) is 0. The van der Waals surface area contributed by atoms with Crippen molar-refractivity contribution in [3.63, 3.8) is 0 Å². The molecule has 0 atom stereocenters. The van der Waals surface area contributed by atoms with Gasteiger partial charge in [-0.2, -0.15) is 0 Å². The van der Waals surface area contributed by atoms with Crippen LogP contribution in [-0.4, -0.2) is 14.5 Å². The van der Waals surface area contributed by atoms with Crippen LogP contribution in [0.5, 0.6) is 0 Å². The molecule has 3 nitrogen and oxygen atoms in total. The van der Waals surface area contributed by atoms with Crippen LogP contribution in [0.4, 0.5) is 0 Å². The molecule has 252 valence electrons. The predicted octanol–water partition coefficient (Wildman–Crippen LogP) is 13.8. The maximum Gasteiger partial charge on any atom is 0.160 e. The Kier molecular flexibility index (Phi) is 7.04. The molecule has 8 aromatic carbocycles. The van der Waals surface area contributed by atoms with Crippen molar-refractivity contribution in [1.82, 2.24) is 14.5 Å². The molecule has 3 heterocycles. The Labute approximate surface area is 316 Å². The summed E-state index contributed by atoms with van der Waals surface area (Å²) in [6.07, 6.45) is 0. The van der Waals surface area contributed by atoms with Crippen molar-refractivity contribution >= 4 is 64.2 Å². The number of nitrogens with zero attached hydrogens (tertiary/aromatic N) is 3. The summed E-state index contributed by atoms with van der Waals surface area (Å²) in [5, 5.41) is 6.12. The minimum atomic E-state index is 0.736. The minimum absolute atomic E-state index is 0.736. The Hall–Kier alpha value is -6.88. The molecule has 54 heavy (non-hydrogen) atoms. The van der Waals surface area contributed by atoms with Crippen molar-refractivity contribution in [1.29, 1.82) is 0 Å². The predicted molar refractivity (Wildman–Crippen MR) is 229 cm³/mol. The zero-order valence-electron chi connectivity index (χ0n) is 29.1. The van der Waals surface area contributed by atoms with Gasteiger partial charge in [0.25, 0.3) is 0 Å². The second-order valence-corrected chi connectivity index (χ2v) is 14.9. The topological polar surface area (TPSA) is 30.7 Å². The summed E-state index contributed by atoms with van der Waals surface area (Å²) in [5.41, 5.74) is 12.4. The van der Waals surface area contributed by atoms with Gasteiger partial charge in [-0.1, -0.05) is 146 Å². The Bertz CT molecular complexity index is 3140. The van der Waals surface area contributed by atoms with Gasteiger partial charge in [0.2, 0.25) is 0 Å². The Balaban J connectivity index is 1.02. The number of hydrogen-bond acceptors (Lipinski definition) is 3. The van der Waals surface area contributed by atoms with Crippen molar-refractivity contribution in [3.05, 3.63) is 188 Å². The zero-order valence-corrected chi connectivity index (χ0v) is 30.0. The number of hydrogen-bond donors (Lipinski definition) is 0. The first kappa shape index (κ1) is 30.7. The van der Waals surface area contributed by atoms with E-state index in [0.29, 0.717) is 0 Å². The number of benzene rings is 8. The Morgan fingerprint density at radius 2 is 0.944 bits per heavy atom. The number of thiophene rings is 1. The molecular formula is C50H31N3S. The lowest BCUT2D eigenvalue weighted by molar-refractivity contribution is 1.19. The number of rotatable bonds is 5. The second kappa shape index (κ2) is 12.4. The molecule has 0 fully saturated rings. The molecule has 0 aliphatic carbocycles. The summed E-state index contributed by atoms with van der Waals surface area (Å²) in [7, 11) is 0. The van der Waals surface area contributed by atoms with Crippen molar-refractivity contribution in [3.8, 4) is 50.6 Å². The van der Waals surface area contributed by atoms with Crippen LogP contribution in [0.1, 0.15) is 0 Å². The molecule has 0 aliphatic heterocycles. The lowest BCUT2D eigenvalue weighted by Crippen LogP contribution is -1.93. The van der Waals surface area contributed by atoms with Gasteiger partial charge in [0.05, 0.1) is 26.9 Å². The molecule has 4 heteroatoms. The second-order valence-electron chi connectivity index (χ2n) is 13.8. The first-order valence-corrected chi connectivity index (χ1v) is 19.1. The first-order valence-electron chi connectivity index (χ1n) is 18.2. The summed E-state index contributed by atoms with van der Waals surface area (Å²) in [4.78, 5) is 10.5. The van der Waals surface area contributed by atoms with Crippen LogP contribution in [0.2, 0.25) is 0 Å². The van der Waals surface area contributed by atoms with E-state index in [9.17, 15) is 0 Å². The summed E-state index contributed by atoms with van der Waals surface area (Å²) in [5.74, 6) is 0.736. The number of aromatic nitrogens is 3. The zero-order chi connectivity index (χ0) is 35.6. The van der Waals surface area contributed by atoms with E-state index in [1.54, 1.807) is 11.3 Å². The molecule has 11 rings (SSSR count). The third-order valence-corrected chi connectivity index (χ3v) is 11.8. The largest absolute Gasteiger partial charge is 0.309 e. The highest BCUT2D eigenvalue weighted by Gasteiger charge is 2.18. The van der Waals surface area contributed by atoms with Crippen LogP contribution in [0.15, 0.2) is 188 Å². The van der Waals surface area contributed by atoms with E-state index >= 15 is 0 Å². The summed E-state index contributed by atoms with van der Waals surface area (Å²) >= 11 is 1.77. The Morgan fingerprint density at radius 1 is 0.389 bits per heavy atom. The lowest BCUT2D eigenvalue weighted by Gasteiger charge is -2.10. The van der Waals surface area contributed by atoms with Gasteiger partial charge in [-0.25, -0.2) is 9.97 Å². The van der Waals surface area contributed by atoms with E-state index in [2.05, 4.69) is 174 Å². The molecule has 0 saturated heterocycles. The Morgan fingerprint density at radius 3 is 1.69 bits per heavy atom. The van der Waals surface area contributed by atoms with Gasteiger partial charge >= 0.3 is 0 Å². The van der Waals surface area contributed by atoms with Crippen LogP contribution in [0.25, 0.3) is 103 Å². The van der Waals surface area contributed by atoms with Crippen molar-refractivity contribution < 1.29 is 0 Å². The molecule has 0 amide bonds. The molecule has 0 bridgehead atoms. The van der Waals surface area contributed by atoms with Crippen molar-refractivity contribution in [2.75, 3.05) is 0 Å². The standard InChI is InChI=1S/C50H31N3S/c1-3-11-32(12-4-1)33-19-21-34(22-20-33)47-49-48(52-50(51-47)35-13-5-2-6-14-35)43-31-39(26-28-46(43)54-49)36-23-24-38-30-40(27-25-37(38)29-36)53-44-17-9-7-15-41(44)42-16-8-10-18-45(42)53/h1-31H.